The summed E-state index contributed by atoms with van der Waals surface area (Å²) in [5.74, 6) is -0.526. The average Bonchev–Trinajstić information content (AvgIpc) is 3.21. The fourth-order valence-electron chi connectivity index (χ4n) is 2.27. The summed E-state index contributed by atoms with van der Waals surface area (Å²) < 4.78 is 40.6. The molecule has 0 saturated carbocycles. The molecule has 2 aromatic rings. The number of amidine groups is 1. The van der Waals surface area contributed by atoms with Crippen LogP contribution in [0.1, 0.15) is 5.69 Å². The summed E-state index contributed by atoms with van der Waals surface area (Å²) in [5, 5.41) is 5.67. The Balaban J connectivity index is 1.68. The van der Waals surface area contributed by atoms with E-state index in [0.717, 1.165) is 6.54 Å². The van der Waals surface area contributed by atoms with Gasteiger partial charge < -0.3 is 15.0 Å². The molecule has 2 heterocycles. The third-order valence-electron chi connectivity index (χ3n) is 3.59. The predicted octanol–water partition coefficient (Wildman–Crippen LogP) is 3.83. The number of thiazole rings is 1. The van der Waals surface area contributed by atoms with E-state index < -0.39 is 6.36 Å². The number of alkyl halides is 3. The minimum Gasteiger partial charge on any atom is -0.406 e. The van der Waals surface area contributed by atoms with Crippen LogP contribution < -0.4 is 10.1 Å². The van der Waals surface area contributed by atoms with Crippen LogP contribution in [0.5, 0.6) is 5.75 Å². The van der Waals surface area contributed by atoms with E-state index in [0.29, 0.717) is 32.9 Å². The van der Waals surface area contributed by atoms with Crippen molar-refractivity contribution in [2.24, 2.45) is 4.99 Å². The lowest BCUT2D eigenvalue weighted by molar-refractivity contribution is -0.274. The minimum atomic E-state index is -4.73. The number of rotatable bonds is 6. The van der Waals surface area contributed by atoms with Crippen molar-refractivity contribution in [3.63, 3.8) is 0 Å². The Morgan fingerprint density at radius 2 is 2.00 bits per heavy atom. The van der Waals surface area contributed by atoms with Crippen LogP contribution in [0.4, 0.5) is 13.2 Å². The number of nitrogens with one attached hydrogen (secondary N) is 1. The maximum absolute atomic E-state index is 12.2. The number of aliphatic imine (C=N–C) groups is 1. The van der Waals surface area contributed by atoms with Crippen LogP contribution in [-0.4, -0.2) is 54.5 Å². The average molecular weight is 442 g/mol. The maximum atomic E-state index is 12.2. The van der Waals surface area contributed by atoms with Gasteiger partial charge in [-0.2, -0.15) is 0 Å². The predicted molar refractivity (Wildman–Crippen MR) is 109 cm³/mol. The number of likely N-dealkylation sites (N-methyl/N-ethyl adjacent to an activating group) is 1. The van der Waals surface area contributed by atoms with Crippen molar-refractivity contribution in [1.82, 2.24) is 15.2 Å². The first-order valence-electron chi connectivity index (χ1n) is 8.41. The Bertz CT molecular complexity index is 937. The van der Waals surface area contributed by atoms with E-state index in [1.54, 1.807) is 11.5 Å². The standard InChI is InChI=1S/C18H17F3N4O2S2/c1-25(2)8-7-22-17-24-15(26)14(29-17)9-12-10-28-16(23-12)11-3-5-13(6-4-11)27-18(19,20)21/h3-6,9-10H,7-8H2,1-2H3,(H,22,24,26)/b14-9+. The largest absolute Gasteiger partial charge is 0.573 e. The summed E-state index contributed by atoms with van der Waals surface area (Å²) in [5.41, 5.74) is 1.25. The van der Waals surface area contributed by atoms with Crippen LogP contribution in [0.2, 0.25) is 0 Å². The molecule has 1 aliphatic rings. The summed E-state index contributed by atoms with van der Waals surface area (Å²) in [7, 11) is 3.89. The van der Waals surface area contributed by atoms with Crippen LogP contribution in [0.3, 0.4) is 0 Å². The molecule has 0 atom stereocenters. The number of hydrogen-bond donors (Lipinski definition) is 1. The van der Waals surface area contributed by atoms with Crippen molar-refractivity contribution in [3.8, 4) is 16.3 Å². The molecule has 11 heteroatoms. The quantitative estimate of drug-likeness (QED) is 0.689. The molecule has 0 radical (unpaired) electrons. The van der Waals surface area contributed by atoms with E-state index >= 15 is 0 Å². The smallest absolute Gasteiger partial charge is 0.406 e. The fraction of sp³-hybridized carbons (Fsp3) is 0.278. The van der Waals surface area contributed by atoms with E-state index in [-0.39, 0.29) is 11.7 Å². The van der Waals surface area contributed by atoms with Crippen molar-refractivity contribution in [3.05, 3.63) is 40.2 Å². The van der Waals surface area contributed by atoms with Gasteiger partial charge in [0.05, 0.1) is 17.1 Å². The number of carbonyl (C=O) groups excluding carboxylic acids is 1. The highest BCUT2D eigenvalue weighted by molar-refractivity contribution is 8.18. The zero-order valence-electron chi connectivity index (χ0n) is 15.5. The van der Waals surface area contributed by atoms with Gasteiger partial charge in [-0.1, -0.05) is 0 Å². The van der Waals surface area contributed by atoms with Gasteiger partial charge in [-0.05, 0) is 56.2 Å². The molecule has 29 heavy (non-hydrogen) atoms. The van der Waals surface area contributed by atoms with Crippen molar-refractivity contribution in [2.75, 3.05) is 27.2 Å². The zero-order chi connectivity index (χ0) is 21.0. The van der Waals surface area contributed by atoms with Gasteiger partial charge in [-0.3, -0.25) is 9.79 Å². The number of hydrogen-bond acceptors (Lipinski definition) is 7. The van der Waals surface area contributed by atoms with Crippen molar-refractivity contribution in [1.29, 1.82) is 0 Å². The van der Waals surface area contributed by atoms with Crippen molar-refractivity contribution >= 4 is 40.2 Å². The Kier molecular flexibility index (Phi) is 6.60. The number of ether oxygens (including phenoxy) is 1. The number of amides is 1. The summed E-state index contributed by atoms with van der Waals surface area (Å²) >= 11 is 2.58. The lowest BCUT2D eigenvalue weighted by atomic mass is 10.2. The number of nitrogens with zero attached hydrogens (tertiary/aromatic N) is 3. The topological polar surface area (TPSA) is 66.8 Å². The first-order valence-corrected chi connectivity index (χ1v) is 10.1. The van der Waals surface area contributed by atoms with Crippen LogP contribution in [0.25, 0.3) is 16.6 Å². The molecule has 0 unspecified atom stereocenters. The highest BCUT2D eigenvalue weighted by Crippen LogP contribution is 2.30. The molecule has 0 spiro atoms. The van der Waals surface area contributed by atoms with E-state index in [9.17, 15) is 18.0 Å². The zero-order valence-corrected chi connectivity index (χ0v) is 17.1. The number of carbonyl (C=O) groups is 1. The van der Waals surface area contributed by atoms with E-state index in [1.807, 2.05) is 19.0 Å². The van der Waals surface area contributed by atoms with Crippen LogP contribution in [0, 0.1) is 0 Å². The van der Waals surface area contributed by atoms with E-state index in [2.05, 4.69) is 20.0 Å². The normalized spacial score (nSPS) is 17.4. The maximum Gasteiger partial charge on any atom is 0.573 e. The molecule has 1 aromatic heterocycles. The molecule has 1 aliphatic heterocycles. The van der Waals surface area contributed by atoms with Crippen molar-refractivity contribution < 1.29 is 22.7 Å². The molecule has 0 aliphatic carbocycles. The molecule has 1 saturated heterocycles. The lowest BCUT2D eigenvalue weighted by Crippen LogP contribution is -2.21. The molecule has 1 aromatic carbocycles. The second-order valence-electron chi connectivity index (χ2n) is 6.20. The van der Waals surface area contributed by atoms with E-state index in [4.69, 9.17) is 0 Å². The molecule has 1 amide bonds. The Morgan fingerprint density at radius 3 is 2.66 bits per heavy atom. The number of aromatic nitrogens is 1. The lowest BCUT2D eigenvalue weighted by Gasteiger charge is -2.08. The van der Waals surface area contributed by atoms with Crippen LogP contribution in [0.15, 0.2) is 39.5 Å². The summed E-state index contributed by atoms with van der Waals surface area (Å²) in [6.45, 7) is 1.36. The third kappa shape index (κ3) is 6.31. The van der Waals surface area contributed by atoms with Gasteiger partial charge >= 0.3 is 6.36 Å². The van der Waals surface area contributed by atoms with Gasteiger partial charge in [0.25, 0.3) is 5.91 Å². The summed E-state index contributed by atoms with van der Waals surface area (Å²) in [4.78, 5) is 23.4. The van der Waals surface area contributed by atoms with Gasteiger partial charge in [0, 0.05) is 17.5 Å². The molecule has 6 nitrogen and oxygen atoms in total. The Labute approximate surface area is 173 Å². The van der Waals surface area contributed by atoms with Gasteiger partial charge in [0.15, 0.2) is 5.17 Å². The second kappa shape index (κ2) is 8.97. The van der Waals surface area contributed by atoms with Gasteiger partial charge in [-0.15, -0.1) is 24.5 Å². The van der Waals surface area contributed by atoms with Crippen molar-refractivity contribution in [2.45, 2.75) is 6.36 Å². The molecule has 154 valence electrons. The number of halogens is 3. The molecular formula is C18H17F3N4O2S2. The highest BCUT2D eigenvalue weighted by Gasteiger charge is 2.31. The molecular weight excluding hydrogens is 425 g/mol. The molecule has 3 rings (SSSR count). The SMILES string of the molecule is CN(C)CCN=C1NC(=O)/C(=C\c2csc(-c3ccc(OC(F)(F)F)cc3)n2)S1. The van der Waals surface area contributed by atoms with Gasteiger partial charge in [0.2, 0.25) is 0 Å². The second-order valence-corrected chi connectivity index (χ2v) is 8.09. The van der Waals surface area contributed by atoms with Gasteiger partial charge in [-0.25, -0.2) is 4.98 Å². The monoisotopic (exact) mass is 442 g/mol. The summed E-state index contributed by atoms with van der Waals surface area (Å²) in [6.07, 6.45) is -3.06. The first-order chi connectivity index (χ1) is 13.7. The summed E-state index contributed by atoms with van der Waals surface area (Å²) in [6, 6.07) is 5.48. The fourth-order valence-corrected chi connectivity index (χ4v) is 3.89. The molecule has 0 bridgehead atoms. The minimum absolute atomic E-state index is 0.234. The highest BCUT2D eigenvalue weighted by atomic mass is 32.2. The Morgan fingerprint density at radius 1 is 1.28 bits per heavy atom. The first kappa shape index (κ1) is 21.3. The van der Waals surface area contributed by atoms with Crippen LogP contribution >= 0.6 is 23.1 Å². The van der Waals surface area contributed by atoms with E-state index in [1.165, 1.54) is 47.4 Å². The molecule has 1 fully saturated rings. The molecule has 1 N–H and O–H groups in total. The third-order valence-corrected chi connectivity index (χ3v) is 5.45. The number of thioether (sulfide) groups is 1. The number of benzene rings is 1. The van der Waals surface area contributed by atoms with Crippen LogP contribution in [-0.2, 0) is 4.79 Å². The van der Waals surface area contributed by atoms with Gasteiger partial charge in [0.1, 0.15) is 10.8 Å². The Hall–Kier alpha value is -2.37.